The quantitative estimate of drug-likeness (QED) is 0.491. The lowest BCUT2D eigenvalue weighted by Crippen LogP contribution is -2.29. The molecule has 2 nitrogen and oxygen atoms in total. The molecule has 3 rings (SSSR count). The maximum Gasteiger partial charge on any atom is 0.330 e. The Hall–Kier alpha value is -1.71. The molecule has 0 atom stereocenters. The van der Waals surface area contributed by atoms with Crippen molar-refractivity contribution in [2.75, 3.05) is 0 Å². The highest BCUT2D eigenvalue weighted by atomic mass is 19.2. The monoisotopic (exact) mass is 362 g/mol. The van der Waals surface area contributed by atoms with Gasteiger partial charge in [-0.25, -0.2) is 13.6 Å². The number of rotatable bonds is 4. The van der Waals surface area contributed by atoms with Gasteiger partial charge in [0.15, 0.2) is 11.6 Å². The van der Waals surface area contributed by atoms with Gasteiger partial charge in [0.05, 0.1) is 0 Å². The average Bonchev–Trinajstić information content (AvgIpc) is 2.65. The topological polar surface area (TPSA) is 26.3 Å². The lowest BCUT2D eigenvalue weighted by molar-refractivity contribution is -0.145. The van der Waals surface area contributed by atoms with Gasteiger partial charge >= 0.3 is 5.97 Å². The molecule has 2 saturated carbocycles. The Morgan fingerprint density at radius 3 is 2.15 bits per heavy atom. The molecule has 142 valence electrons. The number of carbonyl (C=O) groups excluding carboxylic acids is 1. The summed E-state index contributed by atoms with van der Waals surface area (Å²) >= 11 is 0. The second-order valence-corrected chi connectivity index (χ2v) is 7.76. The first-order valence-electron chi connectivity index (χ1n) is 9.85. The molecule has 0 saturated heterocycles. The summed E-state index contributed by atoms with van der Waals surface area (Å²) in [6.45, 7) is 1.81. The van der Waals surface area contributed by atoms with E-state index in [0.29, 0.717) is 17.8 Å². The van der Waals surface area contributed by atoms with Crippen LogP contribution in [0.25, 0.3) is 0 Å². The van der Waals surface area contributed by atoms with Crippen LogP contribution in [0, 0.1) is 23.5 Å². The van der Waals surface area contributed by atoms with E-state index in [1.807, 2.05) is 6.92 Å². The maximum atomic E-state index is 13.5. The van der Waals surface area contributed by atoms with Crippen molar-refractivity contribution in [3.8, 4) is 0 Å². The molecule has 2 aliphatic carbocycles. The summed E-state index contributed by atoms with van der Waals surface area (Å²) in [6.07, 6.45) is 11.8. The van der Waals surface area contributed by atoms with Crippen molar-refractivity contribution in [3.63, 3.8) is 0 Å². The Labute approximate surface area is 154 Å². The van der Waals surface area contributed by atoms with Gasteiger partial charge in [0.2, 0.25) is 0 Å². The van der Waals surface area contributed by atoms with Crippen LogP contribution in [0.15, 0.2) is 30.4 Å². The van der Waals surface area contributed by atoms with Crippen molar-refractivity contribution < 1.29 is 18.3 Å². The SMILES string of the molecule is CC=CC(=O)OC1CCC(C2CCC(c3ccc(F)c(F)c3)CC2)CC1. The number of halogens is 2. The first kappa shape index (κ1) is 19.1. The zero-order valence-corrected chi connectivity index (χ0v) is 15.4. The molecule has 0 unspecified atom stereocenters. The second-order valence-electron chi connectivity index (χ2n) is 7.76. The molecule has 0 N–H and O–H groups in total. The number of carbonyl (C=O) groups is 1. The fraction of sp³-hybridized carbons (Fsp3) is 0.591. The highest BCUT2D eigenvalue weighted by Gasteiger charge is 2.32. The second kappa shape index (κ2) is 8.79. The van der Waals surface area contributed by atoms with Gasteiger partial charge in [-0.1, -0.05) is 12.1 Å². The van der Waals surface area contributed by atoms with Crippen molar-refractivity contribution >= 4 is 5.97 Å². The van der Waals surface area contributed by atoms with E-state index in [1.54, 1.807) is 12.1 Å². The summed E-state index contributed by atoms with van der Waals surface area (Å²) in [7, 11) is 0. The van der Waals surface area contributed by atoms with Gasteiger partial charge < -0.3 is 4.74 Å². The van der Waals surface area contributed by atoms with Crippen molar-refractivity contribution in [2.24, 2.45) is 11.8 Å². The third-order valence-electron chi connectivity index (χ3n) is 6.16. The van der Waals surface area contributed by atoms with E-state index in [0.717, 1.165) is 56.9 Å². The normalized spacial score (nSPS) is 29.7. The fourth-order valence-corrected chi connectivity index (χ4v) is 4.71. The molecular formula is C22H28F2O2. The number of benzene rings is 1. The smallest absolute Gasteiger partial charge is 0.330 e. The summed E-state index contributed by atoms with van der Waals surface area (Å²) in [5.41, 5.74) is 0.932. The van der Waals surface area contributed by atoms with Crippen LogP contribution in [0.5, 0.6) is 0 Å². The minimum absolute atomic E-state index is 0.0634. The van der Waals surface area contributed by atoms with Crippen LogP contribution >= 0.6 is 0 Å². The number of esters is 1. The van der Waals surface area contributed by atoms with Crippen LogP contribution in [0.2, 0.25) is 0 Å². The van der Waals surface area contributed by atoms with Gasteiger partial charge in [0, 0.05) is 6.08 Å². The van der Waals surface area contributed by atoms with Crippen LogP contribution in [-0.2, 0) is 9.53 Å². The third-order valence-corrected chi connectivity index (χ3v) is 6.16. The minimum atomic E-state index is -0.769. The Morgan fingerprint density at radius 2 is 1.58 bits per heavy atom. The molecule has 0 aromatic heterocycles. The van der Waals surface area contributed by atoms with E-state index < -0.39 is 11.6 Å². The van der Waals surface area contributed by atoms with Crippen molar-refractivity contribution in [3.05, 3.63) is 47.5 Å². The first-order valence-corrected chi connectivity index (χ1v) is 9.85. The molecule has 0 heterocycles. The first-order chi connectivity index (χ1) is 12.6. The van der Waals surface area contributed by atoms with Gasteiger partial charge in [-0.05, 0) is 93.7 Å². The molecule has 26 heavy (non-hydrogen) atoms. The van der Waals surface area contributed by atoms with E-state index in [1.165, 1.54) is 18.2 Å². The van der Waals surface area contributed by atoms with E-state index in [-0.39, 0.29) is 12.1 Å². The lowest BCUT2D eigenvalue weighted by Gasteiger charge is -2.37. The fourth-order valence-electron chi connectivity index (χ4n) is 4.71. The van der Waals surface area contributed by atoms with Crippen molar-refractivity contribution in [1.29, 1.82) is 0 Å². The molecule has 2 aliphatic rings. The lowest BCUT2D eigenvalue weighted by atomic mass is 9.69. The number of hydrogen-bond acceptors (Lipinski definition) is 2. The molecule has 0 spiro atoms. The van der Waals surface area contributed by atoms with Crippen LogP contribution in [0.3, 0.4) is 0 Å². The van der Waals surface area contributed by atoms with Gasteiger partial charge in [-0.15, -0.1) is 0 Å². The van der Waals surface area contributed by atoms with Crippen LogP contribution in [0.1, 0.15) is 69.8 Å². The number of ether oxygens (including phenoxy) is 1. The molecule has 0 bridgehead atoms. The largest absolute Gasteiger partial charge is 0.459 e. The van der Waals surface area contributed by atoms with Crippen LogP contribution in [0.4, 0.5) is 8.78 Å². The Bertz CT molecular complexity index is 640. The molecule has 0 radical (unpaired) electrons. The Morgan fingerprint density at radius 1 is 0.962 bits per heavy atom. The van der Waals surface area contributed by atoms with E-state index in [9.17, 15) is 13.6 Å². The number of hydrogen-bond donors (Lipinski definition) is 0. The Kier molecular flexibility index (Phi) is 6.44. The van der Waals surface area contributed by atoms with Crippen molar-refractivity contribution in [1.82, 2.24) is 0 Å². The molecule has 2 fully saturated rings. The van der Waals surface area contributed by atoms with E-state index >= 15 is 0 Å². The van der Waals surface area contributed by atoms with Gasteiger partial charge in [-0.3, -0.25) is 0 Å². The summed E-state index contributed by atoms with van der Waals surface area (Å²) in [5.74, 6) is 0.0218. The Balaban J connectivity index is 1.45. The van der Waals surface area contributed by atoms with Crippen LogP contribution in [-0.4, -0.2) is 12.1 Å². The molecule has 1 aromatic carbocycles. The van der Waals surface area contributed by atoms with Crippen molar-refractivity contribution in [2.45, 2.75) is 70.3 Å². The standard InChI is InChI=1S/C22H28F2O2/c1-2-3-22(25)26-19-11-8-16(9-12-19)15-4-6-17(7-5-15)18-10-13-20(23)21(24)14-18/h2-3,10,13-17,19H,4-9,11-12H2,1H3. The molecular weight excluding hydrogens is 334 g/mol. The van der Waals surface area contributed by atoms with Gasteiger partial charge in [0.1, 0.15) is 6.10 Å². The third kappa shape index (κ3) is 4.72. The summed E-state index contributed by atoms with van der Waals surface area (Å²) < 4.78 is 32.0. The summed E-state index contributed by atoms with van der Waals surface area (Å²) in [6, 6.07) is 4.34. The zero-order chi connectivity index (χ0) is 18.5. The zero-order valence-electron chi connectivity index (χ0n) is 15.4. The molecule has 0 aliphatic heterocycles. The molecule has 4 heteroatoms. The summed E-state index contributed by atoms with van der Waals surface area (Å²) in [4.78, 5) is 11.6. The van der Waals surface area contributed by atoms with Crippen LogP contribution < -0.4 is 0 Å². The molecule has 0 amide bonds. The molecule has 1 aromatic rings. The van der Waals surface area contributed by atoms with Gasteiger partial charge in [0.25, 0.3) is 0 Å². The summed E-state index contributed by atoms with van der Waals surface area (Å²) in [5, 5.41) is 0. The highest BCUT2D eigenvalue weighted by Crippen LogP contribution is 2.43. The van der Waals surface area contributed by atoms with E-state index in [2.05, 4.69) is 0 Å². The highest BCUT2D eigenvalue weighted by molar-refractivity contribution is 5.81. The van der Waals surface area contributed by atoms with E-state index in [4.69, 9.17) is 4.74 Å². The number of allylic oxidation sites excluding steroid dienone is 1. The predicted molar refractivity (Wildman–Crippen MR) is 97.7 cm³/mol. The maximum absolute atomic E-state index is 13.5. The minimum Gasteiger partial charge on any atom is -0.459 e. The van der Waals surface area contributed by atoms with Gasteiger partial charge in [-0.2, -0.15) is 0 Å². The predicted octanol–water partition coefficient (Wildman–Crippen LogP) is 5.92. The average molecular weight is 362 g/mol.